The minimum absolute atomic E-state index is 0. The van der Waals surface area contributed by atoms with Gasteiger partial charge in [-0.15, -0.1) is 0 Å². The van der Waals surface area contributed by atoms with Gasteiger partial charge in [-0.2, -0.15) is 0 Å². The zero-order chi connectivity index (χ0) is 4.12. The SMILES string of the molecule is C/C=C/CO.[AlH3]. The first kappa shape index (κ1) is 9.53. The molecule has 0 bridgehead atoms. The smallest absolute Gasteiger partial charge is 0.187 e. The molecule has 0 aromatic rings. The van der Waals surface area contributed by atoms with E-state index in [2.05, 4.69) is 0 Å². The molecule has 1 N–H and O–H groups in total. The van der Waals surface area contributed by atoms with Crippen molar-refractivity contribution in [1.29, 1.82) is 0 Å². The van der Waals surface area contributed by atoms with Crippen LogP contribution in [0, 0.1) is 0 Å². The third-order valence-corrected chi connectivity index (χ3v) is 0.341. The minimum Gasteiger partial charge on any atom is -0.392 e. The van der Waals surface area contributed by atoms with Crippen LogP contribution in [-0.2, 0) is 0 Å². The molecule has 0 aliphatic rings. The van der Waals surface area contributed by atoms with Crippen molar-refractivity contribution in [1.82, 2.24) is 0 Å². The third-order valence-electron chi connectivity index (χ3n) is 0.341. The average molecular weight is 102 g/mol. The standard InChI is InChI=1S/C4H8O.Al.3H/c1-2-3-4-5;;;;/h2-3,5H,4H2,1H3;;;;/b3-2+;;;;. The molecule has 0 spiro atoms. The molecule has 0 aliphatic heterocycles. The normalized spacial score (nSPS) is 8.33. The van der Waals surface area contributed by atoms with Gasteiger partial charge in [-0.3, -0.25) is 0 Å². The van der Waals surface area contributed by atoms with E-state index in [0.717, 1.165) is 0 Å². The summed E-state index contributed by atoms with van der Waals surface area (Å²) in [7, 11) is 0. The Kier molecular flexibility index (Phi) is 14.2. The zero-order valence-electron chi connectivity index (χ0n) is 3.31. The zero-order valence-corrected chi connectivity index (χ0v) is 3.31. The van der Waals surface area contributed by atoms with Crippen LogP contribution in [0.3, 0.4) is 0 Å². The fraction of sp³-hybridized carbons (Fsp3) is 0.500. The molecule has 36 valence electrons. The van der Waals surface area contributed by atoms with Crippen LogP contribution in [0.15, 0.2) is 12.2 Å². The molecule has 0 heterocycles. The summed E-state index contributed by atoms with van der Waals surface area (Å²) in [4.78, 5) is 0. The van der Waals surface area contributed by atoms with Gasteiger partial charge < -0.3 is 5.11 Å². The molecule has 0 fully saturated rings. The summed E-state index contributed by atoms with van der Waals surface area (Å²) in [5, 5.41) is 7.98. The van der Waals surface area contributed by atoms with E-state index >= 15 is 0 Å². The number of allylic oxidation sites excluding steroid dienone is 1. The maximum absolute atomic E-state index is 7.98. The van der Waals surface area contributed by atoms with Crippen molar-refractivity contribution >= 4 is 17.4 Å². The van der Waals surface area contributed by atoms with E-state index in [1.54, 1.807) is 12.2 Å². The lowest BCUT2D eigenvalue weighted by Crippen LogP contribution is -1.65. The van der Waals surface area contributed by atoms with E-state index in [1.165, 1.54) is 0 Å². The monoisotopic (exact) mass is 102 g/mol. The second kappa shape index (κ2) is 8.97. The Labute approximate surface area is 48.8 Å². The van der Waals surface area contributed by atoms with Gasteiger partial charge >= 0.3 is 0 Å². The van der Waals surface area contributed by atoms with Crippen LogP contribution in [0.1, 0.15) is 6.92 Å². The number of hydrogen-bond acceptors (Lipinski definition) is 1. The molecule has 0 saturated carbocycles. The maximum atomic E-state index is 7.98. The van der Waals surface area contributed by atoms with Crippen molar-refractivity contribution in [3.8, 4) is 0 Å². The van der Waals surface area contributed by atoms with Gasteiger partial charge in [-0.05, 0) is 6.92 Å². The highest BCUT2D eigenvalue weighted by molar-refractivity contribution is 5.75. The molecule has 0 rings (SSSR count). The lowest BCUT2D eigenvalue weighted by atomic mass is 10.6. The Morgan fingerprint density at radius 3 is 2.17 bits per heavy atom. The maximum Gasteiger partial charge on any atom is 0.187 e. The Hall–Kier alpha value is 0.232. The highest BCUT2D eigenvalue weighted by atomic mass is 27.0. The van der Waals surface area contributed by atoms with E-state index in [0.29, 0.717) is 0 Å². The molecule has 6 heavy (non-hydrogen) atoms. The van der Waals surface area contributed by atoms with Crippen molar-refractivity contribution in [2.75, 3.05) is 6.61 Å². The van der Waals surface area contributed by atoms with E-state index in [1.807, 2.05) is 6.92 Å². The van der Waals surface area contributed by atoms with Crippen molar-refractivity contribution < 1.29 is 5.11 Å². The highest BCUT2D eigenvalue weighted by Crippen LogP contribution is 1.60. The first-order valence-corrected chi connectivity index (χ1v) is 1.64. The minimum atomic E-state index is 0. The number of aliphatic hydroxyl groups excluding tert-OH is 1. The van der Waals surface area contributed by atoms with E-state index < -0.39 is 0 Å². The van der Waals surface area contributed by atoms with Crippen LogP contribution < -0.4 is 0 Å². The summed E-state index contributed by atoms with van der Waals surface area (Å²) in [5.41, 5.74) is 0. The molecule has 0 amide bonds. The first-order chi connectivity index (χ1) is 2.41. The summed E-state index contributed by atoms with van der Waals surface area (Å²) in [6.45, 7) is 2.03. The third kappa shape index (κ3) is 8.87. The van der Waals surface area contributed by atoms with Gasteiger partial charge in [0.15, 0.2) is 17.4 Å². The summed E-state index contributed by atoms with van der Waals surface area (Å²) >= 11 is 0. The Balaban J connectivity index is 0. The van der Waals surface area contributed by atoms with Crippen molar-refractivity contribution in [3.05, 3.63) is 12.2 Å². The summed E-state index contributed by atoms with van der Waals surface area (Å²) in [6.07, 6.45) is 3.49. The van der Waals surface area contributed by atoms with E-state index in [4.69, 9.17) is 5.11 Å². The predicted molar refractivity (Wildman–Crippen MR) is 31.8 cm³/mol. The second-order valence-corrected chi connectivity index (χ2v) is 0.752. The Bertz CT molecular complexity index is 34.5. The molecule has 0 unspecified atom stereocenters. The first-order valence-electron chi connectivity index (χ1n) is 1.64. The molecular formula is C4H11AlO. The van der Waals surface area contributed by atoms with E-state index in [-0.39, 0.29) is 24.0 Å². The van der Waals surface area contributed by atoms with Crippen LogP contribution in [0.25, 0.3) is 0 Å². The van der Waals surface area contributed by atoms with Gasteiger partial charge in [-0.25, -0.2) is 0 Å². The quantitative estimate of drug-likeness (QED) is 0.345. The van der Waals surface area contributed by atoms with E-state index in [9.17, 15) is 0 Å². The Morgan fingerprint density at radius 1 is 1.67 bits per heavy atom. The second-order valence-electron chi connectivity index (χ2n) is 0.752. The average Bonchev–Trinajstić information content (AvgIpc) is 1.41. The fourth-order valence-corrected chi connectivity index (χ4v) is 0.105. The fourth-order valence-electron chi connectivity index (χ4n) is 0.105. The van der Waals surface area contributed by atoms with Crippen molar-refractivity contribution in [3.63, 3.8) is 0 Å². The van der Waals surface area contributed by atoms with Gasteiger partial charge in [0.1, 0.15) is 0 Å². The van der Waals surface area contributed by atoms with Gasteiger partial charge in [-0.1, -0.05) is 12.2 Å². The molecule has 0 aromatic carbocycles. The molecule has 0 saturated heterocycles. The van der Waals surface area contributed by atoms with Crippen LogP contribution in [0.4, 0.5) is 0 Å². The summed E-state index contributed by atoms with van der Waals surface area (Å²) in [6, 6.07) is 0. The topological polar surface area (TPSA) is 20.2 Å². The van der Waals surface area contributed by atoms with Crippen LogP contribution >= 0.6 is 0 Å². The number of hydrogen-bond donors (Lipinski definition) is 1. The molecule has 0 atom stereocenters. The number of rotatable bonds is 1. The van der Waals surface area contributed by atoms with Crippen molar-refractivity contribution in [2.24, 2.45) is 0 Å². The molecule has 1 nitrogen and oxygen atoms in total. The van der Waals surface area contributed by atoms with Gasteiger partial charge in [0.25, 0.3) is 0 Å². The molecule has 0 aromatic heterocycles. The molecule has 0 radical (unpaired) electrons. The lowest BCUT2D eigenvalue weighted by molar-refractivity contribution is 0.342. The Morgan fingerprint density at radius 2 is 2.17 bits per heavy atom. The molecule has 2 heteroatoms. The van der Waals surface area contributed by atoms with Crippen LogP contribution in [0.2, 0.25) is 0 Å². The largest absolute Gasteiger partial charge is 0.392 e. The van der Waals surface area contributed by atoms with Crippen LogP contribution in [0.5, 0.6) is 0 Å². The summed E-state index contributed by atoms with van der Waals surface area (Å²) < 4.78 is 0. The lowest BCUT2D eigenvalue weighted by Gasteiger charge is -1.66. The van der Waals surface area contributed by atoms with Gasteiger partial charge in [0, 0.05) is 0 Å². The molecule has 0 aliphatic carbocycles. The van der Waals surface area contributed by atoms with Gasteiger partial charge in [0.05, 0.1) is 6.61 Å². The van der Waals surface area contributed by atoms with Crippen LogP contribution in [-0.4, -0.2) is 29.1 Å². The van der Waals surface area contributed by atoms with Crippen molar-refractivity contribution in [2.45, 2.75) is 6.92 Å². The number of aliphatic hydroxyl groups is 1. The van der Waals surface area contributed by atoms with Gasteiger partial charge in [0.2, 0.25) is 0 Å². The summed E-state index contributed by atoms with van der Waals surface area (Å²) in [5.74, 6) is 0. The molecular weight excluding hydrogens is 91.0 g/mol. The predicted octanol–water partition coefficient (Wildman–Crippen LogP) is -0.629. The highest BCUT2D eigenvalue weighted by Gasteiger charge is 1.52.